The molecule has 1 aromatic heterocycles. The Morgan fingerprint density at radius 2 is 1.79 bits per heavy atom. The first-order valence-electron chi connectivity index (χ1n) is 10.1. The summed E-state index contributed by atoms with van der Waals surface area (Å²) < 4.78 is 35.1. The highest BCUT2D eigenvalue weighted by Crippen LogP contribution is 2.21. The van der Waals surface area contributed by atoms with E-state index in [-0.39, 0.29) is 18.0 Å². The smallest absolute Gasteiger partial charge is 0.319 e. The molecule has 4 rings (SSSR count). The molecule has 0 saturated carbocycles. The van der Waals surface area contributed by atoms with E-state index in [1.807, 2.05) is 30.3 Å². The van der Waals surface area contributed by atoms with E-state index in [0.29, 0.717) is 11.5 Å². The van der Waals surface area contributed by atoms with Crippen molar-refractivity contribution < 1.29 is 18.3 Å². The van der Waals surface area contributed by atoms with Crippen LogP contribution in [-0.2, 0) is 0 Å². The number of tetrazole rings is 1. The van der Waals surface area contributed by atoms with Crippen molar-refractivity contribution in [2.75, 3.05) is 11.9 Å². The second kappa shape index (κ2) is 9.86. The van der Waals surface area contributed by atoms with Gasteiger partial charge in [-0.15, -0.1) is 5.10 Å². The molecule has 0 spiro atoms. The van der Waals surface area contributed by atoms with Gasteiger partial charge in [-0.2, -0.15) is 4.68 Å². The number of hydrogen-bond donors (Lipinski definition) is 2. The van der Waals surface area contributed by atoms with Crippen molar-refractivity contribution in [1.29, 1.82) is 0 Å². The van der Waals surface area contributed by atoms with Crippen LogP contribution in [0.3, 0.4) is 0 Å². The molecule has 2 amide bonds. The average Bonchev–Trinajstić information content (AvgIpc) is 3.25. The number of hydrogen-bond acceptors (Lipinski definition) is 5. The lowest BCUT2D eigenvalue weighted by Gasteiger charge is -2.20. The Morgan fingerprint density at radius 3 is 2.52 bits per heavy atom. The van der Waals surface area contributed by atoms with Crippen LogP contribution in [0.2, 0.25) is 0 Å². The predicted octanol–water partition coefficient (Wildman–Crippen LogP) is 4.19. The minimum Gasteiger partial charge on any atom is -0.488 e. The minimum absolute atomic E-state index is 0.00312. The molecule has 2 N–H and O–H groups in total. The number of ether oxygens (including phenoxy) is 1. The van der Waals surface area contributed by atoms with Crippen LogP contribution >= 0.6 is 0 Å². The predicted molar refractivity (Wildman–Crippen MR) is 117 cm³/mol. The van der Waals surface area contributed by atoms with Crippen LogP contribution in [-0.4, -0.2) is 32.8 Å². The fraction of sp³-hybridized carbons (Fsp3) is 0.130. The summed E-state index contributed by atoms with van der Waals surface area (Å²) in [4.78, 5) is 12.7. The highest BCUT2D eigenvalue weighted by atomic mass is 19.1. The lowest BCUT2D eigenvalue weighted by atomic mass is 10.1. The lowest BCUT2D eigenvalue weighted by molar-refractivity contribution is 0.231. The standard InChI is InChI=1S/C23H20F2N6O2/c1-15-28-29-30-31(15)21-13-17(11-12-18(21)24)26-23(32)27-20(16-7-3-2-4-8-16)14-33-22-10-6-5-9-19(22)25/h2-13,20H,14H2,1H3,(H2,26,27,32). The van der Waals surface area contributed by atoms with E-state index in [0.717, 1.165) is 5.56 Å². The van der Waals surface area contributed by atoms with Crippen LogP contribution in [0.1, 0.15) is 17.4 Å². The molecular formula is C23H20F2N6O2. The largest absolute Gasteiger partial charge is 0.488 e. The van der Waals surface area contributed by atoms with Crippen molar-refractivity contribution >= 4 is 11.7 Å². The quantitative estimate of drug-likeness (QED) is 0.440. The lowest BCUT2D eigenvalue weighted by Crippen LogP contribution is -2.35. The molecule has 0 bridgehead atoms. The number of aryl methyl sites for hydroxylation is 1. The van der Waals surface area contributed by atoms with Gasteiger partial charge in [-0.1, -0.05) is 42.5 Å². The number of nitrogens with one attached hydrogen (secondary N) is 2. The SMILES string of the molecule is Cc1nnnn1-c1cc(NC(=O)NC(COc2ccccc2F)c2ccccc2)ccc1F. The molecule has 33 heavy (non-hydrogen) atoms. The summed E-state index contributed by atoms with van der Waals surface area (Å²) in [6, 6.07) is 18.1. The molecule has 1 atom stereocenters. The van der Waals surface area contributed by atoms with Gasteiger partial charge >= 0.3 is 6.03 Å². The Morgan fingerprint density at radius 1 is 1.03 bits per heavy atom. The number of amides is 2. The van der Waals surface area contributed by atoms with Crippen molar-refractivity contribution in [3.8, 4) is 11.4 Å². The maximum atomic E-state index is 14.3. The maximum Gasteiger partial charge on any atom is 0.319 e. The van der Waals surface area contributed by atoms with Gasteiger partial charge in [0.25, 0.3) is 0 Å². The number of urea groups is 1. The van der Waals surface area contributed by atoms with Crippen molar-refractivity contribution in [2.24, 2.45) is 0 Å². The van der Waals surface area contributed by atoms with E-state index >= 15 is 0 Å². The first kappa shape index (κ1) is 21.9. The summed E-state index contributed by atoms with van der Waals surface area (Å²) in [5.74, 6) is -0.562. The fourth-order valence-corrected chi connectivity index (χ4v) is 3.17. The number of anilines is 1. The van der Waals surface area contributed by atoms with Gasteiger partial charge in [0.2, 0.25) is 0 Å². The van der Waals surface area contributed by atoms with Gasteiger partial charge < -0.3 is 15.4 Å². The summed E-state index contributed by atoms with van der Waals surface area (Å²) in [6.45, 7) is 1.63. The second-order valence-corrected chi connectivity index (χ2v) is 7.11. The number of aromatic nitrogens is 4. The van der Waals surface area contributed by atoms with Gasteiger partial charge in [-0.3, -0.25) is 0 Å². The van der Waals surface area contributed by atoms with Crippen LogP contribution in [0.15, 0.2) is 72.8 Å². The number of para-hydroxylation sites is 1. The Balaban J connectivity index is 1.49. The van der Waals surface area contributed by atoms with Crippen LogP contribution in [0.5, 0.6) is 5.75 Å². The molecule has 1 heterocycles. The van der Waals surface area contributed by atoms with Crippen LogP contribution in [0, 0.1) is 18.6 Å². The molecule has 10 heteroatoms. The van der Waals surface area contributed by atoms with Crippen molar-refractivity contribution in [1.82, 2.24) is 25.5 Å². The maximum absolute atomic E-state index is 14.3. The van der Waals surface area contributed by atoms with Crippen LogP contribution in [0.4, 0.5) is 19.3 Å². The zero-order chi connectivity index (χ0) is 23.2. The van der Waals surface area contributed by atoms with E-state index in [4.69, 9.17) is 4.74 Å². The average molecular weight is 450 g/mol. The summed E-state index contributed by atoms with van der Waals surface area (Å²) in [7, 11) is 0. The van der Waals surface area contributed by atoms with Crippen molar-refractivity contribution in [2.45, 2.75) is 13.0 Å². The van der Waals surface area contributed by atoms with Crippen LogP contribution < -0.4 is 15.4 Å². The third-order valence-corrected chi connectivity index (χ3v) is 4.81. The van der Waals surface area contributed by atoms with Gasteiger partial charge in [0.05, 0.1) is 6.04 Å². The molecule has 0 aliphatic heterocycles. The van der Waals surface area contributed by atoms with E-state index in [1.54, 1.807) is 19.1 Å². The van der Waals surface area contributed by atoms with Gasteiger partial charge in [-0.05, 0) is 53.2 Å². The van der Waals surface area contributed by atoms with Gasteiger partial charge in [0.15, 0.2) is 17.4 Å². The van der Waals surface area contributed by atoms with E-state index < -0.39 is 23.7 Å². The molecule has 8 nitrogen and oxygen atoms in total. The molecular weight excluding hydrogens is 430 g/mol. The molecule has 168 valence electrons. The fourth-order valence-electron chi connectivity index (χ4n) is 3.17. The molecule has 0 aliphatic rings. The Labute approximate surface area is 188 Å². The molecule has 0 fully saturated rings. The van der Waals surface area contributed by atoms with Gasteiger partial charge in [-0.25, -0.2) is 13.6 Å². The number of carbonyl (C=O) groups is 1. The summed E-state index contributed by atoms with van der Waals surface area (Å²) in [5, 5.41) is 16.5. The molecule has 0 saturated heterocycles. The van der Waals surface area contributed by atoms with Gasteiger partial charge in [0.1, 0.15) is 18.1 Å². The number of halogens is 2. The molecule has 3 aromatic carbocycles. The first-order chi connectivity index (χ1) is 16.0. The monoisotopic (exact) mass is 450 g/mol. The molecule has 0 radical (unpaired) electrons. The normalized spacial score (nSPS) is 11.6. The minimum atomic E-state index is -0.576. The van der Waals surface area contributed by atoms with Crippen molar-refractivity contribution in [3.05, 3.63) is 95.8 Å². The number of rotatable bonds is 7. The molecule has 4 aromatic rings. The Hall–Kier alpha value is -4.34. The zero-order valence-corrected chi connectivity index (χ0v) is 17.6. The first-order valence-corrected chi connectivity index (χ1v) is 10.1. The number of carbonyl (C=O) groups excluding carboxylic acids is 1. The van der Waals surface area contributed by atoms with E-state index in [2.05, 4.69) is 26.2 Å². The molecule has 1 unspecified atom stereocenters. The van der Waals surface area contributed by atoms with Gasteiger partial charge in [0, 0.05) is 5.69 Å². The Kier molecular flexibility index (Phi) is 6.53. The zero-order valence-electron chi connectivity index (χ0n) is 17.6. The summed E-state index contributed by atoms with van der Waals surface area (Å²) in [6.07, 6.45) is 0. The van der Waals surface area contributed by atoms with E-state index in [1.165, 1.54) is 35.0 Å². The summed E-state index contributed by atoms with van der Waals surface area (Å²) in [5.41, 5.74) is 1.20. The molecule has 0 aliphatic carbocycles. The van der Waals surface area contributed by atoms with Crippen LogP contribution in [0.25, 0.3) is 5.69 Å². The third-order valence-electron chi connectivity index (χ3n) is 4.81. The van der Waals surface area contributed by atoms with Crippen molar-refractivity contribution in [3.63, 3.8) is 0 Å². The highest BCUT2D eigenvalue weighted by Gasteiger charge is 2.18. The summed E-state index contributed by atoms with van der Waals surface area (Å²) >= 11 is 0. The second-order valence-electron chi connectivity index (χ2n) is 7.11. The highest BCUT2D eigenvalue weighted by molar-refractivity contribution is 5.89. The number of nitrogens with zero attached hydrogens (tertiary/aromatic N) is 4. The number of benzene rings is 3. The Bertz CT molecular complexity index is 1250. The topological polar surface area (TPSA) is 94.0 Å². The third kappa shape index (κ3) is 5.29. The van der Waals surface area contributed by atoms with E-state index in [9.17, 15) is 13.6 Å².